The van der Waals surface area contributed by atoms with Crippen LogP contribution < -0.4 is 10.5 Å². The molecule has 0 amide bonds. The number of fused-ring (bicyclic) bond motifs is 2. The second kappa shape index (κ2) is 10.7. The smallest absolute Gasteiger partial charge is 0.119 e. The number of morpholine rings is 2. The zero-order chi connectivity index (χ0) is 17.5. The van der Waals surface area contributed by atoms with Crippen molar-refractivity contribution in [1.82, 2.24) is 9.80 Å². The summed E-state index contributed by atoms with van der Waals surface area (Å²) in [7, 11) is 0. The normalized spacial score (nSPS) is 23.1. The lowest BCUT2D eigenvalue weighted by Crippen LogP contribution is -2.59. The summed E-state index contributed by atoms with van der Waals surface area (Å²) in [6.45, 7) is 7.64. The summed E-state index contributed by atoms with van der Waals surface area (Å²) in [5, 5.41) is 8.80. The van der Waals surface area contributed by atoms with E-state index < -0.39 is 0 Å². The SMILES string of the molecule is Cl.N#Cc1ccc(OCCCN2CC3CN(CCCN)CC(C2)O3)cc1. The molecule has 26 heavy (non-hydrogen) atoms. The van der Waals surface area contributed by atoms with Crippen molar-refractivity contribution in [3.63, 3.8) is 0 Å². The Hall–Kier alpha value is -1.36. The molecule has 0 spiro atoms. The highest BCUT2D eigenvalue weighted by molar-refractivity contribution is 5.85. The fourth-order valence-corrected chi connectivity index (χ4v) is 3.64. The lowest BCUT2D eigenvalue weighted by Gasteiger charge is -2.46. The topological polar surface area (TPSA) is 74.8 Å². The van der Waals surface area contributed by atoms with Gasteiger partial charge in [0.2, 0.25) is 0 Å². The first kappa shape index (κ1) is 20.9. The first-order valence-corrected chi connectivity index (χ1v) is 9.20. The molecule has 2 atom stereocenters. The number of ether oxygens (including phenoxy) is 2. The molecule has 3 rings (SSSR count). The third kappa shape index (κ3) is 6.11. The number of rotatable bonds is 8. The van der Waals surface area contributed by atoms with Crippen LogP contribution in [0, 0.1) is 11.3 Å². The third-order valence-corrected chi connectivity index (χ3v) is 4.78. The number of nitriles is 1. The highest BCUT2D eigenvalue weighted by Crippen LogP contribution is 2.19. The van der Waals surface area contributed by atoms with Crippen LogP contribution in [-0.2, 0) is 4.74 Å². The second-order valence-electron chi connectivity index (χ2n) is 6.88. The maximum Gasteiger partial charge on any atom is 0.119 e. The Morgan fingerprint density at radius 3 is 2.15 bits per heavy atom. The molecule has 7 heteroatoms. The minimum Gasteiger partial charge on any atom is -0.494 e. The average Bonchev–Trinajstić information content (AvgIpc) is 2.63. The highest BCUT2D eigenvalue weighted by atomic mass is 35.5. The number of benzene rings is 1. The predicted molar refractivity (Wildman–Crippen MR) is 104 cm³/mol. The van der Waals surface area contributed by atoms with Gasteiger partial charge in [0.15, 0.2) is 0 Å². The monoisotopic (exact) mass is 380 g/mol. The fourth-order valence-electron chi connectivity index (χ4n) is 3.64. The Balaban J connectivity index is 0.00000243. The molecule has 144 valence electrons. The van der Waals surface area contributed by atoms with Crippen molar-refractivity contribution in [3.05, 3.63) is 29.8 Å². The van der Waals surface area contributed by atoms with Crippen LogP contribution in [-0.4, -0.2) is 74.4 Å². The molecule has 2 unspecified atom stereocenters. The summed E-state index contributed by atoms with van der Waals surface area (Å²) in [4.78, 5) is 5.00. The van der Waals surface area contributed by atoms with Crippen LogP contribution in [0.25, 0.3) is 0 Å². The summed E-state index contributed by atoms with van der Waals surface area (Å²) in [6, 6.07) is 9.40. The predicted octanol–water partition coefficient (Wildman–Crippen LogP) is 1.48. The number of nitrogens with two attached hydrogens (primary N) is 1. The van der Waals surface area contributed by atoms with E-state index in [0.717, 1.165) is 64.4 Å². The van der Waals surface area contributed by atoms with Gasteiger partial charge in [0.05, 0.1) is 30.4 Å². The molecule has 2 bridgehead atoms. The molecule has 1 aromatic rings. The lowest BCUT2D eigenvalue weighted by atomic mass is 10.1. The van der Waals surface area contributed by atoms with E-state index in [4.69, 9.17) is 20.5 Å². The van der Waals surface area contributed by atoms with Gasteiger partial charge in [0.1, 0.15) is 5.75 Å². The Kier molecular flexibility index (Phi) is 8.63. The van der Waals surface area contributed by atoms with Crippen LogP contribution in [0.5, 0.6) is 5.75 Å². The van der Waals surface area contributed by atoms with Gasteiger partial charge in [-0.05, 0) is 50.2 Å². The number of halogens is 1. The molecular formula is C19H29ClN4O2. The molecule has 6 nitrogen and oxygen atoms in total. The van der Waals surface area contributed by atoms with Gasteiger partial charge in [0.25, 0.3) is 0 Å². The first-order chi connectivity index (χ1) is 12.3. The van der Waals surface area contributed by atoms with E-state index >= 15 is 0 Å². The Labute approximate surface area is 162 Å². The zero-order valence-corrected chi connectivity index (χ0v) is 16.0. The Morgan fingerprint density at radius 2 is 1.62 bits per heavy atom. The summed E-state index contributed by atoms with van der Waals surface area (Å²) < 4.78 is 11.9. The van der Waals surface area contributed by atoms with E-state index in [1.54, 1.807) is 12.1 Å². The van der Waals surface area contributed by atoms with Crippen LogP contribution in [0.3, 0.4) is 0 Å². The van der Waals surface area contributed by atoms with Crippen molar-refractivity contribution >= 4 is 12.4 Å². The Morgan fingerprint density at radius 1 is 1.04 bits per heavy atom. The molecule has 1 aromatic carbocycles. The zero-order valence-electron chi connectivity index (χ0n) is 15.2. The molecule has 2 saturated heterocycles. The number of nitrogens with zero attached hydrogens (tertiary/aromatic N) is 3. The average molecular weight is 381 g/mol. The number of hydrogen-bond acceptors (Lipinski definition) is 6. The molecule has 2 heterocycles. The highest BCUT2D eigenvalue weighted by Gasteiger charge is 2.34. The maximum atomic E-state index is 8.80. The molecule has 2 aliphatic rings. The summed E-state index contributed by atoms with van der Waals surface area (Å²) in [5.41, 5.74) is 6.28. The van der Waals surface area contributed by atoms with Crippen LogP contribution in [0.4, 0.5) is 0 Å². The van der Waals surface area contributed by atoms with Gasteiger partial charge in [-0.2, -0.15) is 5.26 Å². The Bertz CT molecular complexity index is 564. The summed E-state index contributed by atoms with van der Waals surface area (Å²) in [5.74, 6) is 0.827. The van der Waals surface area contributed by atoms with Crippen LogP contribution >= 0.6 is 12.4 Å². The van der Waals surface area contributed by atoms with Gasteiger partial charge >= 0.3 is 0 Å². The van der Waals surface area contributed by atoms with Crippen LogP contribution in [0.15, 0.2) is 24.3 Å². The molecule has 2 N–H and O–H groups in total. The van der Waals surface area contributed by atoms with Gasteiger partial charge in [-0.1, -0.05) is 0 Å². The van der Waals surface area contributed by atoms with E-state index in [-0.39, 0.29) is 12.4 Å². The van der Waals surface area contributed by atoms with Gasteiger partial charge in [-0.15, -0.1) is 12.4 Å². The van der Waals surface area contributed by atoms with Gasteiger partial charge in [0, 0.05) is 32.7 Å². The first-order valence-electron chi connectivity index (χ1n) is 9.20. The van der Waals surface area contributed by atoms with Crippen molar-refractivity contribution in [2.45, 2.75) is 25.0 Å². The van der Waals surface area contributed by atoms with Crippen molar-refractivity contribution in [1.29, 1.82) is 5.26 Å². The van der Waals surface area contributed by atoms with Gasteiger partial charge in [-0.25, -0.2) is 0 Å². The lowest BCUT2D eigenvalue weighted by molar-refractivity contribution is -0.138. The van der Waals surface area contributed by atoms with E-state index in [2.05, 4.69) is 15.9 Å². The van der Waals surface area contributed by atoms with Crippen molar-refractivity contribution in [2.75, 3.05) is 52.4 Å². The van der Waals surface area contributed by atoms with E-state index in [1.165, 1.54) is 0 Å². The molecule has 0 aliphatic carbocycles. The van der Waals surface area contributed by atoms with Crippen molar-refractivity contribution < 1.29 is 9.47 Å². The standard InChI is InChI=1S/C19H28N4O2.ClH/c20-7-1-8-22-12-18-14-23(15-19(13-22)25-18)9-2-10-24-17-5-3-16(11-21)4-6-17;/h3-6,18-19H,1-2,7-10,12-15,20H2;1H. The van der Waals surface area contributed by atoms with Gasteiger partial charge in [-0.3, -0.25) is 9.80 Å². The second-order valence-corrected chi connectivity index (χ2v) is 6.88. The number of hydrogen-bond donors (Lipinski definition) is 1. The van der Waals surface area contributed by atoms with Crippen molar-refractivity contribution in [2.24, 2.45) is 5.73 Å². The van der Waals surface area contributed by atoms with E-state index in [0.29, 0.717) is 24.4 Å². The minimum atomic E-state index is 0. The molecule has 0 saturated carbocycles. The minimum absolute atomic E-state index is 0. The van der Waals surface area contributed by atoms with E-state index in [9.17, 15) is 0 Å². The molecule has 0 aromatic heterocycles. The largest absolute Gasteiger partial charge is 0.494 e. The summed E-state index contributed by atoms with van der Waals surface area (Å²) >= 11 is 0. The molecule has 0 radical (unpaired) electrons. The third-order valence-electron chi connectivity index (χ3n) is 4.78. The van der Waals surface area contributed by atoms with Crippen molar-refractivity contribution in [3.8, 4) is 11.8 Å². The maximum absolute atomic E-state index is 8.80. The van der Waals surface area contributed by atoms with Gasteiger partial charge < -0.3 is 15.2 Å². The fraction of sp³-hybridized carbons (Fsp3) is 0.632. The van der Waals surface area contributed by atoms with Crippen LogP contribution in [0.1, 0.15) is 18.4 Å². The molecular weight excluding hydrogens is 352 g/mol. The van der Waals surface area contributed by atoms with E-state index in [1.807, 2.05) is 12.1 Å². The summed E-state index contributed by atoms with van der Waals surface area (Å²) in [6.07, 6.45) is 2.71. The van der Waals surface area contributed by atoms with Crippen LogP contribution in [0.2, 0.25) is 0 Å². The quantitative estimate of drug-likeness (QED) is 0.688. The molecule has 2 aliphatic heterocycles. The molecule has 2 fully saturated rings.